The van der Waals surface area contributed by atoms with Crippen molar-refractivity contribution in [3.8, 4) is 11.5 Å². The van der Waals surface area contributed by atoms with Gasteiger partial charge in [-0.1, -0.05) is 19.8 Å². The summed E-state index contributed by atoms with van der Waals surface area (Å²) in [6, 6.07) is 6.63. The van der Waals surface area contributed by atoms with E-state index in [0.717, 1.165) is 36.3 Å². The van der Waals surface area contributed by atoms with Gasteiger partial charge >= 0.3 is 8.80 Å². The first-order valence-corrected chi connectivity index (χ1v) is 11.7. The summed E-state index contributed by atoms with van der Waals surface area (Å²) in [6.45, 7) is 5.33. The van der Waals surface area contributed by atoms with Gasteiger partial charge in [-0.3, -0.25) is 0 Å². The number of hydrogen-bond acceptors (Lipinski definition) is 6. The normalized spacial score (nSPS) is 19.4. The standard InChI is InChI=1S/C20H34O6Si/c1-6-7-8-12-20(2)25-16-17-15-18(10-11-19(17)26-20)24-13-9-14-27(21-3,22-4)23-5/h10-11,15H,6-9,12-14,16H2,1-5H3. The van der Waals surface area contributed by atoms with Crippen molar-refractivity contribution in [2.45, 2.75) is 64.4 Å². The van der Waals surface area contributed by atoms with Gasteiger partial charge in [-0.2, -0.15) is 0 Å². The van der Waals surface area contributed by atoms with Crippen molar-refractivity contribution in [2.75, 3.05) is 27.9 Å². The van der Waals surface area contributed by atoms with Gasteiger partial charge < -0.3 is 27.5 Å². The Bertz CT molecular complexity index is 569. The molecule has 0 saturated carbocycles. The van der Waals surface area contributed by atoms with E-state index in [0.29, 0.717) is 19.3 Å². The van der Waals surface area contributed by atoms with Crippen LogP contribution in [0.15, 0.2) is 18.2 Å². The van der Waals surface area contributed by atoms with Gasteiger partial charge in [0.05, 0.1) is 13.2 Å². The third-order valence-electron chi connectivity index (χ3n) is 4.95. The highest BCUT2D eigenvalue weighted by atomic mass is 28.4. The molecular weight excluding hydrogens is 364 g/mol. The number of rotatable bonds is 12. The molecule has 0 fully saturated rings. The van der Waals surface area contributed by atoms with Gasteiger partial charge in [0.25, 0.3) is 0 Å². The maximum Gasteiger partial charge on any atom is 0.500 e. The van der Waals surface area contributed by atoms with Crippen molar-refractivity contribution in [1.82, 2.24) is 0 Å². The summed E-state index contributed by atoms with van der Waals surface area (Å²) in [6.07, 6.45) is 5.19. The van der Waals surface area contributed by atoms with Crippen molar-refractivity contribution in [3.63, 3.8) is 0 Å². The van der Waals surface area contributed by atoms with Crippen LogP contribution < -0.4 is 9.47 Å². The average Bonchev–Trinajstić information content (AvgIpc) is 2.69. The highest BCUT2D eigenvalue weighted by molar-refractivity contribution is 6.60. The van der Waals surface area contributed by atoms with Crippen LogP contribution >= 0.6 is 0 Å². The topological polar surface area (TPSA) is 55.4 Å². The Labute approximate surface area is 164 Å². The van der Waals surface area contributed by atoms with Gasteiger partial charge in [-0.25, -0.2) is 0 Å². The summed E-state index contributed by atoms with van der Waals surface area (Å²) < 4.78 is 34.2. The zero-order valence-corrected chi connectivity index (χ0v) is 18.3. The van der Waals surface area contributed by atoms with Crippen LogP contribution in [-0.4, -0.2) is 42.5 Å². The molecule has 1 unspecified atom stereocenters. The number of hydrogen-bond donors (Lipinski definition) is 0. The molecule has 1 aliphatic rings. The molecule has 0 bridgehead atoms. The fraction of sp³-hybridized carbons (Fsp3) is 0.700. The number of ether oxygens (including phenoxy) is 3. The minimum Gasteiger partial charge on any atom is -0.494 e. The van der Waals surface area contributed by atoms with Crippen LogP contribution in [0.25, 0.3) is 0 Å². The van der Waals surface area contributed by atoms with E-state index in [1.165, 1.54) is 12.8 Å². The first-order valence-electron chi connectivity index (χ1n) is 9.74. The van der Waals surface area contributed by atoms with Crippen LogP contribution in [0, 0.1) is 0 Å². The zero-order valence-electron chi connectivity index (χ0n) is 17.3. The van der Waals surface area contributed by atoms with Gasteiger partial charge in [0.15, 0.2) is 0 Å². The molecule has 1 aromatic carbocycles. The van der Waals surface area contributed by atoms with Crippen LogP contribution in [0.4, 0.5) is 0 Å². The smallest absolute Gasteiger partial charge is 0.494 e. The molecule has 1 atom stereocenters. The molecule has 0 aromatic heterocycles. The maximum absolute atomic E-state index is 6.11. The van der Waals surface area contributed by atoms with E-state index in [4.69, 9.17) is 27.5 Å². The molecule has 1 aliphatic heterocycles. The first-order chi connectivity index (χ1) is 13.0. The molecule has 0 N–H and O–H groups in total. The molecule has 0 spiro atoms. The number of benzene rings is 1. The minimum atomic E-state index is -2.53. The van der Waals surface area contributed by atoms with Crippen molar-refractivity contribution in [2.24, 2.45) is 0 Å². The second-order valence-corrected chi connectivity index (χ2v) is 10.1. The van der Waals surface area contributed by atoms with E-state index in [1.54, 1.807) is 21.3 Å². The van der Waals surface area contributed by atoms with Crippen molar-refractivity contribution < 1.29 is 27.5 Å². The van der Waals surface area contributed by atoms with E-state index in [-0.39, 0.29) is 0 Å². The lowest BCUT2D eigenvalue weighted by atomic mass is 10.1. The zero-order chi connectivity index (χ0) is 19.8. The highest BCUT2D eigenvalue weighted by Crippen LogP contribution is 2.36. The monoisotopic (exact) mass is 398 g/mol. The van der Waals surface area contributed by atoms with Crippen molar-refractivity contribution in [3.05, 3.63) is 23.8 Å². The van der Waals surface area contributed by atoms with Gasteiger partial charge in [0.1, 0.15) is 11.5 Å². The summed E-state index contributed by atoms with van der Waals surface area (Å²) in [7, 11) is 2.34. The lowest BCUT2D eigenvalue weighted by Crippen LogP contribution is -2.42. The predicted octanol–water partition coefficient (Wildman–Crippen LogP) is 4.54. The summed E-state index contributed by atoms with van der Waals surface area (Å²) in [5, 5.41) is 0. The van der Waals surface area contributed by atoms with Crippen molar-refractivity contribution in [1.29, 1.82) is 0 Å². The van der Waals surface area contributed by atoms with Gasteiger partial charge in [-0.15, -0.1) is 0 Å². The van der Waals surface area contributed by atoms with E-state index >= 15 is 0 Å². The molecule has 0 saturated heterocycles. The molecule has 27 heavy (non-hydrogen) atoms. The van der Waals surface area contributed by atoms with Gasteiger partial charge in [0, 0.05) is 46.3 Å². The highest BCUT2D eigenvalue weighted by Gasteiger charge is 2.37. The Kier molecular flexibility index (Phi) is 8.56. The molecule has 2 rings (SSSR count). The van der Waals surface area contributed by atoms with Crippen LogP contribution in [0.1, 0.15) is 51.5 Å². The Morgan fingerprint density at radius 3 is 2.48 bits per heavy atom. The molecule has 7 heteroatoms. The largest absolute Gasteiger partial charge is 0.500 e. The molecular formula is C20H34O6Si. The number of unbranched alkanes of at least 4 members (excludes halogenated alkanes) is 2. The van der Waals surface area contributed by atoms with Gasteiger partial charge in [-0.05, 0) is 31.0 Å². The predicted molar refractivity (Wildman–Crippen MR) is 106 cm³/mol. The lowest BCUT2D eigenvalue weighted by Gasteiger charge is -2.36. The van der Waals surface area contributed by atoms with E-state index in [9.17, 15) is 0 Å². The summed E-state index contributed by atoms with van der Waals surface area (Å²) >= 11 is 0. The fourth-order valence-corrected chi connectivity index (χ4v) is 4.89. The molecule has 0 radical (unpaired) electrons. The first kappa shape index (κ1) is 22.2. The molecule has 154 valence electrons. The van der Waals surface area contributed by atoms with E-state index in [1.807, 2.05) is 25.1 Å². The molecule has 0 aliphatic carbocycles. The second kappa shape index (κ2) is 10.4. The Balaban J connectivity index is 1.85. The summed E-state index contributed by atoms with van der Waals surface area (Å²) in [5.41, 5.74) is 1.02. The average molecular weight is 399 g/mol. The van der Waals surface area contributed by atoms with E-state index in [2.05, 4.69) is 6.92 Å². The van der Waals surface area contributed by atoms with Crippen LogP contribution in [-0.2, 0) is 24.6 Å². The van der Waals surface area contributed by atoms with Crippen LogP contribution in [0.3, 0.4) is 0 Å². The Morgan fingerprint density at radius 1 is 1.07 bits per heavy atom. The third kappa shape index (κ3) is 6.19. The summed E-state index contributed by atoms with van der Waals surface area (Å²) in [5.74, 6) is 1.17. The van der Waals surface area contributed by atoms with E-state index < -0.39 is 14.6 Å². The Morgan fingerprint density at radius 2 is 1.81 bits per heavy atom. The number of fused-ring (bicyclic) bond motifs is 1. The SMILES string of the molecule is CCCCCC1(C)OCc2cc(OCCC[Si](OC)(OC)OC)ccc2O1. The molecule has 0 amide bonds. The van der Waals surface area contributed by atoms with Crippen LogP contribution in [0.2, 0.25) is 6.04 Å². The molecule has 1 aromatic rings. The molecule has 1 heterocycles. The quantitative estimate of drug-likeness (QED) is 0.381. The Hall–Kier alpha value is -1.12. The maximum atomic E-state index is 6.11. The van der Waals surface area contributed by atoms with Crippen molar-refractivity contribution >= 4 is 8.80 Å². The summed E-state index contributed by atoms with van der Waals surface area (Å²) in [4.78, 5) is 0. The minimum absolute atomic E-state index is 0.529. The fourth-order valence-electron chi connectivity index (χ4n) is 3.20. The van der Waals surface area contributed by atoms with Crippen LogP contribution in [0.5, 0.6) is 11.5 Å². The molecule has 6 nitrogen and oxygen atoms in total. The third-order valence-corrected chi connectivity index (χ3v) is 7.79. The van der Waals surface area contributed by atoms with Gasteiger partial charge in [0.2, 0.25) is 5.79 Å². The lowest BCUT2D eigenvalue weighted by molar-refractivity contribution is -0.198. The second-order valence-electron chi connectivity index (χ2n) is 7.00.